The van der Waals surface area contributed by atoms with E-state index in [0.717, 1.165) is 62.8 Å². The van der Waals surface area contributed by atoms with Gasteiger partial charge < -0.3 is 24.6 Å². The number of ether oxygens (including phenoxy) is 2. The van der Waals surface area contributed by atoms with Gasteiger partial charge in [-0.25, -0.2) is 0 Å². The van der Waals surface area contributed by atoms with E-state index in [4.69, 9.17) is 9.47 Å². The van der Waals surface area contributed by atoms with Crippen molar-refractivity contribution < 1.29 is 14.3 Å². The Morgan fingerprint density at radius 1 is 0.839 bits per heavy atom. The number of benzene rings is 2. The average molecular weight is 422 g/mol. The number of carbonyl (C=O) groups excluding carboxylic acids is 1. The Morgan fingerprint density at radius 2 is 1.55 bits per heavy atom. The molecular formula is C25H31N3O3. The van der Waals surface area contributed by atoms with Crippen LogP contribution >= 0.6 is 0 Å². The molecule has 2 aromatic carbocycles. The second kappa shape index (κ2) is 9.28. The summed E-state index contributed by atoms with van der Waals surface area (Å²) in [7, 11) is 0. The third kappa shape index (κ3) is 4.70. The minimum Gasteiger partial charge on any atom is -0.378 e. The third-order valence-electron chi connectivity index (χ3n) is 6.51. The maximum Gasteiger partial charge on any atom is 0.228 e. The molecule has 2 aromatic rings. The minimum atomic E-state index is 0.0339. The Kier molecular flexibility index (Phi) is 6.09. The number of hydrogen-bond donors (Lipinski definition) is 1. The number of aryl methyl sites for hydroxylation is 2. The molecule has 1 aliphatic carbocycles. The first-order valence-corrected chi connectivity index (χ1v) is 11.5. The average Bonchev–Trinajstić information content (AvgIpc) is 3.28. The van der Waals surface area contributed by atoms with Gasteiger partial charge in [-0.1, -0.05) is 18.2 Å². The molecule has 0 spiro atoms. The van der Waals surface area contributed by atoms with Crippen LogP contribution in [0.25, 0.3) is 0 Å². The standard InChI is InChI=1S/C25H31N3O3/c29-25(17-19-4-5-20-2-1-3-21(20)16-19)26-23-7-6-22(27-8-12-30-13-9-27)18-24(23)28-10-14-31-15-11-28/h4-7,16,18H,1-3,8-15,17H2,(H,26,29). The van der Waals surface area contributed by atoms with E-state index < -0.39 is 0 Å². The summed E-state index contributed by atoms with van der Waals surface area (Å²) in [6.45, 7) is 6.40. The zero-order valence-electron chi connectivity index (χ0n) is 18.1. The van der Waals surface area contributed by atoms with E-state index in [2.05, 4.69) is 51.5 Å². The molecule has 0 aromatic heterocycles. The summed E-state index contributed by atoms with van der Waals surface area (Å²) in [5.74, 6) is 0.0339. The molecule has 31 heavy (non-hydrogen) atoms. The quantitative estimate of drug-likeness (QED) is 0.804. The first kappa shape index (κ1) is 20.3. The van der Waals surface area contributed by atoms with E-state index in [-0.39, 0.29) is 5.91 Å². The van der Waals surface area contributed by atoms with E-state index in [9.17, 15) is 4.79 Å². The van der Waals surface area contributed by atoms with Gasteiger partial charge in [0.1, 0.15) is 0 Å². The first-order chi connectivity index (χ1) is 15.3. The lowest BCUT2D eigenvalue weighted by atomic mass is 10.0. The van der Waals surface area contributed by atoms with Crippen molar-refractivity contribution in [1.82, 2.24) is 0 Å². The molecule has 164 valence electrons. The van der Waals surface area contributed by atoms with E-state index in [1.807, 2.05) is 0 Å². The van der Waals surface area contributed by atoms with Crippen molar-refractivity contribution in [3.8, 4) is 0 Å². The number of fused-ring (bicyclic) bond motifs is 1. The van der Waals surface area contributed by atoms with Crippen LogP contribution in [0.5, 0.6) is 0 Å². The Bertz CT molecular complexity index is 934. The van der Waals surface area contributed by atoms with Crippen LogP contribution in [-0.2, 0) is 33.5 Å². The van der Waals surface area contributed by atoms with Gasteiger partial charge in [0.2, 0.25) is 5.91 Å². The van der Waals surface area contributed by atoms with Crippen LogP contribution in [-0.4, -0.2) is 58.5 Å². The summed E-state index contributed by atoms with van der Waals surface area (Å²) < 4.78 is 11.1. The molecule has 0 bridgehead atoms. The molecule has 3 aliphatic rings. The highest BCUT2D eigenvalue weighted by Crippen LogP contribution is 2.32. The van der Waals surface area contributed by atoms with E-state index in [1.165, 1.54) is 29.7 Å². The number of rotatable bonds is 5. The molecule has 6 heteroatoms. The molecule has 2 heterocycles. The molecule has 0 radical (unpaired) electrons. The number of morpholine rings is 2. The molecule has 1 amide bonds. The molecule has 2 fully saturated rings. The van der Waals surface area contributed by atoms with Crippen LogP contribution in [0.15, 0.2) is 36.4 Å². The molecule has 5 rings (SSSR count). The van der Waals surface area contributed by atoms with Crippen molar-refractivity contribution in [1.29, 1.82) is 0 Å². The summed E-state index contributed by atoms with van der Waals surface area (Å²) in [4.78, 5) is 17.6. The van der Waals surface area contributed by atoms with Crippen molar-refractivity contribution >= 4 is 23.0 Å². The van der Waals surface area contributed by atoms with Gasteiger partial charge in [0.05, 0.1) is 44.2 Å². The number of carbonyl (C=O) groups is 1. The SMILES string of the molecule is O=C(Cc1ccc2c(c1)CCC2)Nc1ccc(N2CCOCC2)cc1N1CCOCC1. The fourth-order valence-corrected chi connectivity index (χ4v) is 4.82. The molecule has 1 N–H and O–H groups in total. The lowest BCUT2D eigenvalue weighted by Gasteiger charge is -2.33. The van der Waals surface area contributed by atoms with Gasteiger partial charge in [0.25, 0.3) is 0 Å². The van der Waals surface area contributed by atoms with Gasteiger partial charge in [-0.05, 0) is 54.2 Å². The highest BCUT2D eigenvalue weighted by atomic mass is 16.5. The molecule has 6 nitrogen and oxygen atoms in total. The summed E-state index contributed by atoms with van der Waals surface area (Å²) in [5, 5.41) is 3.19. The fraction of sp³-hybridized carbons (Fsp3) is 0.480. The highest BCUT2D eigenvalue weighted by molar-refractivity contribution is 5.96. The lowest BCUT2D eigenvalue weighted by molar-refractivity contribution is -0.115. The largest absolute Gasteiger partial charge is 0.378 e. The topological polar surface area (TPSA) is 54.0 Å². The van der Waals surface area contributed by atoms with E-state index >= 15 is 0 Å². The van der Waals surface area contributed by atoms with Gasteiger partial charge in [0.15, 0.2) is 0 Å². The fourth-order valence-electron chi connectivity index (χ4n) is 4.82. The number of anilines is 3. The van der Waals surface area contributed by atoms with E-state index in [0.29, 0.717) is 19.6 Å². The van der Waals surface area contributed by atoms with Crippen molar-refractivity contribution in [3.63, 3.8) is 0 Å². The van der Waals surface area contributed by atoms with Crippen LogP contribution in [0.1, 0.15) is 23.1 Å². The summed E-state index contributed by atoms with van der Waals surface area (Å²) in [5.41, 5.74) is 7.09. The van der Waals surface area contributed by atoms with Crippen molar-refractivity contribution in [2.45, 2.75) is 25.7 Å². The molecular weight excluding hydrogens is 390 g/mol. The number of amides is 1. The Morgan fingerprint density at radius 3 is 2.32 bits per heavy atom. The second-order valence-electron chi connectivity index (χ2n) is 8.58. The normalized spacial score (nSPS) is 18.7. The first-order valence-electron chi connectivity index (χ1n) is 11.5. The Balaban J connectivity index is 1.34. The van der Waals surface area contributed by atoms with Crippen LogP contribution in [0.3, 0.4) is 0 Å². The molecule has 0 unspecified atom stereocenters. The summed E-state index contributed by atoms with van der Waals surface area (Å²) in [6.07, 6.45) is 3.93. The van der Waals surface area contributed by atoms with Crippen LogP contribution in [0, 0.1) is 0 Å². The smallest absolute Gasteiger partial charge is 0.228 e. The van der Waals surface area contributed by atoms with Gasteiger partial charge in [0, 0.05) is 31.9 Å². The van der Waals surface area contributed by atoms with Crippen molar-refractivity contribution in [3.05, 3.63) is 53.1 Å². The maximum absolute atomic E-state index is 12.9. The molecule has 0 atom stereocenters. The van der Waals surface area contributed by atoms with Gasteiger partial charge in [-0.2, -0.15) is 0 Å². The van der Waals surface area contributed by atoms with Gasteiger partial charge >= 0.3 is 0 Å². The zero-order valence-corrected chi connectivity index (χ0v) is 18.1. The molecule has 0 saturated carbocycles. The van der Waals surface area contributed by atoms with Gasteiger partial charge in [-0.15, -0.1) is 0 Å². The lowest BCUT2D eigenvalue weighted by Crippen LogP contribution is -2.38. The summed E-state index contributed by atoms with van der Waals surface area (Å²) in [6, 6.07) is 12.9. The van der Waals surface area contributed by atoms with Crippen LogP contribution < -0.4 is 15.1 Å². The number of hydrogen-bond acceptors (Lipinski definition) is 5. The Labute approximate surface area is 184 Å². The van der Waals surface area contributed by atoms with Crippen LogP contribution in [0.4, 0.5) is 17.1 Å². The molecule has 2 aliphatic heterocycles. The highest BCUT2D eigenvalue weighted by Gasteiger charge is 2.20. The minimum absolute atomic E-state index is 0.0339. The maximum atomic E-state index is 12.9. The Hall–Kier alpha value is -2.57. The second-order valence-corrected chi connectivity index (χ2v) is 8.58. The van der Waals surface area contributed by atoms with E-state index in [1.54, 1.807) is 0 Å². The predicted molar refractivity (Wildman–Crippen MR) is 123 cm³/mol. The third-order valence-corrected chi connectivity index (χ3v) is 6.51. The number of nitrogens with one attached hydrogen (secondary N) is 1. The zero-order chi connectivity index (χ0) is 21.0. The molecule has 2 saturated heterocycles. The van der Waals surface area contributed by atoms with Crippen molar-refractivity contribution in [2.75, 3.05) is 67.7 Å². The number of nitrogens with zero attached hydrogens (tertiary/aromatic N) is 2. The monoisotopic (exact) mass is 421 g/mol. The summed E-state index contributed by atoms with van der Waals surface area (Å²) >= 11 is 0. The predicted octanol–water partition coefficient (Wildman–Crippen LogP) is 3.03. The van der Waals surface area contributed by atoms with Crippen molar-refractivity contribution in [2.24, 2.45) is 0 Å². The van der Waals surface area contributed by atoms with Gasteiger partial charge in [-0.3, -0.25) is 4.79 Å². The van der Waals surface area contributed by atoms with Crippen LogP contribution in [0.2, 0.25) is 0 Å².